The second-order valence-electron chi connectivity index (χ2n) is 5.69. The maximum absolute atomic E-state index is 12.6. The molecule has 0 heterocycles. The molecule has 1 N–H and O–H groups in total. The lowest BCUT2D eigenvalue weighted by atomic mass is 10.1. The van der Waals surface area contributed by atoms with Crippen LogP contribution < -0.4 is 24.4 Å². The lowest BCUT2D eigenvalue weighted by Crippen LogP contribution is -2.18. The van der Waals surface area contributed by atoms with Crippen LogP contribution in [0.25, 0.3) is 0 Å². The third-order valence-corrected chi connectivity index (χ3v) is 4.23. The number of carbonyl (C=O) groups excluding carboxylic acids is 1. The van der Waals surface area contributed by atoms with Crippen LogP contribution in [0.15, 0.2) is 39.9 Å². The summed E-state index contributed by atoms with van der Waals surface area (Å²) >= 11 is 3.40. The summed E-state index contributed by atoms with van der Waals surface area (Å²) in [5, 5.41) is 4.04. The summed E-state index contributed by atoms with van der Waals surface area (Å²) in [5.74, 6) is 1.62. The highest BCUT2D eigenvalue weighted by atomic mass is 79.9. The van der Waals surface area contributed by atoms with Crippen LogP contribution in [-0.2, 0) is 0 Å². The van der Waals surface area contributed by atoms with Crippen molar-refractivity contribution in [2.45, 2.75) is 20.8 Å². The van der Waals surface area contributed by atoms with E-state index in [-0.39, 0.29) is 0 Å². The number of hydrogen-bond acceptors (Lipinski definition) is 6. The maximum atomic E-state index is 12.6. The Labute approximate surface area is 179 Å². The minimum Gasteiger partial charge on any atom is -0.496 e. The van der Waals surface area contributed by atoms with Crippen molar-refractivity contribution in [1.29, 1.82) is 0 Å². The van der Waals surface area contributed by atoms with Gasteiger partial charge in [0.25, 0.3) is 5.91 Å². The van der Waals surface area contributed by atoms with Crippen LogP contribution in [0.2, 0.25) is 0 Å². The summed E-state index contributed by atoms with van der Waals surface area (Å²) in [6.07, 6.45) is 1.52. The molecule has 156 valence electrons. The quantitative estimate of drug-likeness (QED) is 0.415. The fraction of sp³-hybridized carbons (Fsp3) is 0.333. The predicted octanol–water partition coefficient (Wildman–Crippen LogP) is 4.42. The second kappa shape index (κ2) is 11.3. The van der Waals surface area contributed by atoms with Crippen molar-refractivity contribution in [2.75, 3.05) is 26.9 Å². The molecule has 0 fully saturated rings. The highest BCUT2D eigenvalue weighted by Gasteiger charge is 2.18. The minimum absolute atomic E-state index is 0.346. The van der Waals surface area contributed by atoms with Crippen LogP contribution in [0, 0.1) is 0 Å². The summed E-state index contributed by atoms with van der Waals surface area (Å²) in [6.45, 7) is 6.90. The molecule has 0 bridgehead atoms. The van der Waals surface area contributed by atoms with Crippen LogP contribution in [0.1, 0.15) is 36.7 Å². The zero-order valence-electron chi connectivity index (χ0n) is 17.0. The third-order valence-electron chi connectivity index (χ3n) is 3.73. The number of carbonyl (C=O) groups is 1. The van der Waals surface area contributed by atoms with Gasteiger partial charge in [-0.2, -0.15) is 5.10 Å². The van der Waals surface area contributed by atoms with Gasteiger partial charge < -0.3 is 18.9 Å². The van der Waals surface area contributed by atoms with Crippen LogP contribution in [0.3, 0.4) is 0 Å². The monoisotopic (exact) mass is 464 g/mol. The molecule has 0 unspecified atom stereocenters. The molecule has 0 aliphatic heterocycles. The molecule has 8 heteroatoms. The average molecular weight is 465 g/mol. The van der Waals surface area contributed by atoms with E-state index in [0.717, 1.165) is 10.0 Å². The Morgan fingerprint density at radius 3 is 2.17 bits per heavy atom. The van der Waals surface area contributed by atoms with E-state index in [1.54, 1.807) is 19.2 Å². The molecular weight excluding hydrogens is 440 g/mol. The van der Waals surface area contributed by atoms with Gasteiger partial charge in [0, 0.05) is 15.6 Å². The Morgan fingerprint density at radius 1 is 1.00 bits per heavy atom. The van der Waals surface area contributed by atoms with E-state index in [9.17, 15) is 4.79 Å². The Kier molecular flexibility index (Phi) is 8.79. The molecule has 0 saturated heterocycles. The molecule has 2 rings (SSSR count). The fourth-order valence-corrected chi connectivity index (χ4v) is 2.93. The molecule has 7 nitrogen and oxygen atoms in total. The van der Waals surface area contributed by atoms with Crippen LogP contribution in [-0.4, -0.2) is 39.1 Å². The van der Waals surface area contributed by atoms with E-state index >= 15 is 0 Å². The Hall–Kier alpha value is -2.74. The van der Waals surface area contributed by atoms with Gasteiger partial charge in [-0.25, -0.2) is 5.43 Å². The largest absolute Gasteiger partial charge is 0.496 e. The third kappa shape index (κ3) is 6.12. The van der Waals surface area contributed by atoms with Crippen molar-refractivity contribution in [3.8, 4) is 23.0 Å². The van der Waals surface area contributed by atoms with Crippen molar-refractivity contribution in [2.24, 2.45) is 5.10 Å². The lowest BCUT2D eigenvalue weighted by Gasteiger charge is -2.16. The van der Waals surface area contributed by atoms with Gasteiger partial charge in [0.05, 0.1) is 33.1 Å². The molecule has 29 heavy (non-hydrogen) atoms. The minimum atomic E-state index is -0.403. The molecule has 2 aromatic carbocycles. The number of benzene rings is 2. The molecule has 1 amide bonds. The van der Waals surface area contributed by atoms with Crippen molar-refractivity contribution < 1.29 is 23.7 Å². The number of amides is 1. The zero-order chi connectivity index (χ0) is 21.2. The van der Waals surface area contributed by atoms with Gasteiger partial charge in [-0.3, -0.25) is 4.79 Å². The molecular formula is C21H25BrN2O5. The van der Waals surface area contributed by atoms with E-state index in [1.807, 2.05) is 39.0 Å². The zero-order valence-corrected chi connectivity index (χ0v) is 18.5. The molecule has 0 aliphatic carbocycles. The number of hydrazone groups is 1. The van der Waals surface area contributed by atoms with E-state index in [4.69, 9.17) is 18.9 Å². The summed E-state index contributed by atoms with van der Waals surface area (Å²) in [5.41, 5.74) is 3.58. The number of rotatable bonds is 10. The van der Waals surface area contributed by atoms with Crippen molar-refractivity contribution in [3.05, 3.63) is 45.9 Å². The highest BCUT2D eigenvalue weighted by Crippen LogP contribution is 2.39. The Bertz CT molecular complexity index is 843. The van der Waals surface area contributed by atoms with Gasteiger partial charge in [0.15, 0.2) is 11.5 Å². The van der Waals surface area contributed by atoms with Crippen molar-refractivity contribution in [1.82, 2.24) is 5.43 Å². The normalized spacial score (nSPS) is 10.7. The van der Waals surface area contributed by atoms with Crippen LogP contribution in [0.5, 0.6) is 23.0 Å². The smallest absolute Gasteiger partial charge is 0.271 e. The number of methoxy groups -OCH3 is 1. The first-order valence-corrected chi connectivity index (χ1v) is 10.1. The number of ether oxygens (including phenoxy) is 4. The summed E-state index contributed by atoms with van der Waals surface area (Å²) in [6, 6.07) is 8.73. The SMILES string of the molecule is CCOc1cc(C(=O)NN=Cc2cc(Br)ccc2OC)cc(OCC)c1OCC. The topological polar surface area (TPSA) is 78.4 Å². The molecule has 0 radical (unpaired) electrons. The molecule has 0 aliphatic rings. The Morgan fingerprint density at radius 2 is 1.62 bits per heavy atom. The molecule has 0 spiro atoms. The van der Waals surface area contributed by atoms with Crippen LogP contribution >= 0.6 is 15.9 Å². The fourth-order valence-electron chi connectivity index (χ4n) is 2.55. The van der Waals surface area contributed by atoms with Gasteiger partial charge >= 0.3 is 0 Å². The standard InChI is InChI=1S/C21H25BrN2O5/c1-5-27-18-11-14(12-19(28-6-2)20(18)29-7-3)21(25)24-23-13-15-10-16(22)8-9-17(15)26-4/h8-13H,5-7H2,1-4H3,(H,24,25). The highest BCUT2D eigenvalue weighted by molar-refractivity contribution is 9.10. The van der Waals surface area contributed by atoms with E-state index in [0.29, 0.717) is 48.4 Å². The average Bonchev–Trinajstić information content (AvgIpc) is 2.70. The summed E-state index contributed by atoms with van der Waals surface area (Å²) < 4.78 is 23.1. The predicted molar refractivity (Wildman–Crippen MR) is 116 cm³/mol. The summed E-state index contributed by atoms with van der Waals surface area (Å²) in [7, 11) is 1.57. The van der Waals surface area contributed by atoms with E-state index in [2.05, 4.69) is 26.5 Å². The molecule has 2 aromatic rings. The number of nitrogens with one attached hydrogen (secondary N) is 1. The molecule has 0 aromatic heterocycles. The van der Waals surface area contributed by atoms with Crippen LogP contribution in [0.4, 0.5) is 0 Å². The summed E-state index contributed by atoms with van der Waals surface area (Å²) in [4.78, 5) is 12.6. The second-order valence-corrected chi connectivity index (χ2v) is 6.60. The van der Waals surface area contributed by atoms with Gasteiger partial charge in [0.1, 0.15) is 5.75 Å². The number of hydrogen-bond donors (Lipinski definition) is 1. The van der Waals surface area contributed by atoms with Crippen molar-refractivity contribution in [3.63, 3.8) is 0 Å². The first-order valence-electron chi connectivity index (χ1n) is 9.27. The van der Waals surface area contributed by atoms with Crippen molar-refractivity contribution >= 4 is 28.1 Å². The number of nitrogens with zero attached hydrogens (tertiary/aromatic N) is 1. The first-order chi connectivity index (χ1) is 14.0. The molecule has 0 saturated carbocycles. The van der Waals surface area contributed by atoms with Gasteiger partial charge in [-0.1, -0.05) is 15.9 Å². The molecule has 0 atom stereocenters. The van der Waals surface area contributed by atoms with E-state index < -0.39 is 5.91 Å². The van der Waals surface area contributed by atoms with Gasteiger partial charge in [-0.15, -0.1) is 0 Å². The maximum Gasteiger partial charge on any atom is 0.271 e. The van der Waals surface area contributed by atoms with E-state index in [1.165, 1.54) is 6.21 Å². The van der Waals surface area contributed by atoms with Gasteiger partial charge in [-0.05, 0) is 51.1 Å². The van der Waals surface area contributed by atoms with Gasteiger partial charge in [0.2, 0.25) is 5.75 Å². The lowest BCUT2D eigenvalue weighted by molar-refractivity contribution is 0.0954. The number of halogens is 1. The first kappa shape index (κ1) is 22.5. The Balaban J connectivity index is 2.26.